The van der Waals surface area contributed by atoms with Gasteiger partial charge in [0.1, 0.15) is 5.75 Å². The number of hydrogen-bond donors (Lipinski definition) is 2. The molecule has 2 aromatic carbocycles. The Morgan fingerprint density at radius 3 is 2.62 bits per heavy atom. The van der Waals surface area contributed by atoms with Crippen molar-refractivity contribution >= 4 is 54.2 Å². The van der Waals surface area contributed by atoms with Crippen molar-refractivity contribution < 1.29 is 5.11 Å². The van der Waals surface area contributed by atoms with Crippen molar-refractivity contribution in [3.63, 3.8) is 0 Å². The Bertz CT molecular complexity index is 982. The number of aromatic nitrogens is 2. The number of benzene rings is 2. The molecule has 0 aliphatic rings. The van der Waals surface area contributed by atoms with Gasteiger partial charge in [-0.05, 0) is 81.1 Å². The van der Waals surface area contributed by atoms with E-state index in [9.17, 15) is 5.11 Å². The van der Waals surface area contributed by atoms with Crippen molar-refractivity contribution in [2.45, 2.75) is 26.7 Å². The first-order valence-corrected chi connectivity index (χ1v) is 9.97. The zero-order valence-corrected chi connectivity index (χ0v) is 17.7. The minimum absolute atomic E-state index is 0.186. The molecule has 0 saturated carbocycles. The lowest BCUT2D eigenvalue weighted by Gasteiger charge is -2.13. The third-order valence-corrected chi connectivity index (χ3v) is 5.34. The predicted octanol–water partition coefficient (Wildman–Crippen LogP) is 6.66. The largest absolute Gasteiger partial charge is 0.506 e. The lowest BCUT2D eigenvalue weighted by molar-refractivity contribution is 0.468. The highest BCUT2D eigenvalue weighted by Gasteiger charge is 2.14. The first-order chi connectivity index (χ1) is 12.5. The Balaban J connectivity index is 2.17. The summed E-state index contributed by atoms with van der Waals surface area (Å²) < 4.78 is 1.26. The topological polar surface area (TPSA) is 61.3 Å². The lowest BCUT2D eigenvalue weighted by atomic mass is 9.98. The van der Waals surface area contributed by atoms with Gasteiger partial charge in [-0.15, -0.1) is 0 Å². The highest BCUT2D eigenvalue weighted by molar-refractivity contribution is 9.11. The van der Waals surface area contributed by atoms with Gasteiger partial charge in [-0.2, -0.15) is 5.10 Å². The minimum Gasteiger partial charge on any atom is -0.506 e. The highest BCUT2D eigenvalue weighted by atomic mass is 79.9. The van der Waals surface area contributed by atoms with E-state index in [1.54, 1.807) is 6.20 Å². The fourth-order valence-electron chi connectivity index (χ4n) is 2.82. The average Bonchev–Trinajstić information content (AvgIpc) is 3.10. The number of aromatic amines is 1. The molecular formula is C20H19Br2N3O. The Hall–Kier alpha value is -1.92. The maximum absolute atomic E-state index is 10.0. The van der Waals surface area contributed by atoms with Crippen molar-refractivity contribution in [1.29, 1.82) is 0 Å². The van der Waals surface area contributed by atoms with Gasteiger partial charge in [-0.3, -0.25) is 5.10 Å². The van der Waals surface area contributed by atoms with E-state index in [2.05, 4.69) is 55.1 Å². The van der Waals surface area contributed by atoms with Crippen LogP contribution in [0.2, 0.25) is 0 Å². The molecule has 4 nitrogen and oxygen atoms in total. The number of aromatic hydroxyl groups is 1. The standard InChI is InChI=1S/C20H19Br2N3O/c1-3-5-12(4-2)19(13-9-16(21)20(26)17(22)10-13)24-15-6-7-18-14(8-15)11-23-25-18/h4,6-11,26H,3,5H2,1-2H3,(H,23,25)/b12-4+,24-19?. The summed E-state index contributed by atoms with van der Waals surface area (Å²) in [6.07, 6.45) is 5.86. The van der Waals surface area contributed by atoms with E-state index in [1.807, 2.05) is 37.3 Å². The molecule has 0 spiro atoms. The summed E-state index contributed by atoms with van der Waals surface area (Å²) in [5.41, 5.74) is 4.86. The molecule has 0 bridgehead atoms. The van der Waals surface area contributed by atoms with Gasteiger partial charge >= 0.3 is 0 Å². The molecule has 0 aliphatic heterocycles. The van der Waals surface area contributed by atoms with Crippen LogP contribution in [0.1, 0.15) is 32.3 Å². The molecule has 26 heavy (non-hydrogen) atoms. The van der Waals surface area contributed by atoms with Crippen molar-refractivity contribution in [2.24, 2.45) is 4.99 Å². The molecule has 0 radical (unpaired) electrons. The molecule has 0 unspecified atom stereocenters. The van der Waals surface area contributed by atoms with E-state index in [1.165, 1.54) is 5.57 Å². The van der Waals surface area contributed by atoms with Crippen molar-refractivity contribution in [3.8, 4) is 5.75 Å². The summed E-state index contributed by atoms with van der Waals surface area (Å²) in [5.74, 6) is 0.186. The second-order valence-corrected chi connectivity index (χ2v) is 7.66. The maximum atomic E-state index is 10.0. The Kier molecular flexibility index (Phi) is 5.94. The number of nitrogens with one attached hydrogen (secondary N) is 1. The van der Waals surface area contributed by atoms with Crippen LogP contribution < -0.4 is 0 Å². The van der Waals surface area contributed by atoms with Crippen LogP contribution in [-0.2, 0) is 0 Å². The van der Waals surface area contributed by atoms with E-state index < -0.39 is 0 Å². The van der Waals surface area contributed by atoms with E-state index in [0.29, 0.717) is 8.95 Å². The maximum Gasteiger partial charge on any atom is 0.143 e. The Labute approximate surface area is 169 Å². The number of phenolic OH excluding ortho intramolecular Hbond substituents is 1. The Morgan fingerprint density at radius 2 is 1.96 bits per heavy atom. The van der Waals surface area contributed by atoms with Gasteiger partial charge in [0.15, 0.2) is 0 Å². The normalized spacial score (nSPS) is 12.8. The van der Waals surface area contributed by atoms with Crippen LogP contribution in [0.15, 0.2) is 62.1 Å². The van der Waals surface area contributed by atoms with Crippen LogP contribution in [0.3, 0.4) is 0 Å². The molecule has 134 valence electrons. The molecule has 1 heterocycles. The van der Waals surface area contributed by atoms with E-state index in [4.69, 9.17) is 4.99 Å². The first kappa shape index (κ1) is 18.9. The van der Waals surface area contributed by atoms with Crippen LogP contribution in [-0.4, -0.2) is 21.0 Å². The number of allylic oxidation sites excluding steroid dienone is 2. The van der Waals surface area contributed by atoms with Gasteiger partial charge in [0, 0.05) is 10.9 Å². The highest BCUT2D eigenvalue weighted by Crippen LogP contribution is 2.35. The van der Waals surface area contributed by atoms with Gasteiger partial charge in [0.2, 0.25) is 0 Å². The molecule has 0 fully saturated rings. The fraction of sp³-hybridized carbons (Fsp3) is 0.200. The van der Waals surface area contributed by atoms with Crippen LogP contribution in [0, 0.1) is 0 Å². The second-order valence-electron chi connectivity index (χ2n) is 5.95. The van der Waals surface area contributed by atoms with Crippen molar-refractivity contribution in [2.75, 3.05) is 0 Å². The number of H-pyrrole nitrogens is 1. The number of aliphatic imine (C=N–C) groups is 1. The van der Waals surface area contributed by atoms with E-state index in [0.717, 1.165) is 40.7 Å². The number of halogens is 2. The number of phenols is 1. The molecule has 0 aliphatic carbocycles. The zero-order valence-electron chi connectivity index (χ0n) is 14.6. The third kappa shape index (κ3) is 3.91. The monoisotopic (exact) mass is 475 g/mol. The lowest BCUT2D eigenvalue weighted by Crippen LogP contribution is -2.05. The quantitative estimate of drug-likeness (QED) is 0.404. The molecule has 1 aromatic heterocycles. The smallest absolute Gasteiger partial charge is 0.143 e. The van der Waals surface area contributed by atoms with Crippen molar-refractivity contribution in [1.82, 2.24) is 10.2 Å². The van der Waals surface area contributed by atoms with E-state index >= 15 is 0 Å². The number of nitrogens with zero attached hydrogens (tertiary/aromatic N) is 2. The van der Waals surface area contributed by atoms with Crippen LogP contribution in [0.4, 0.5) is 5.69 Å². The Morgan fingerprint density at radius 1 is 1.23 bits per heavy atom. The predicted molar refractivity (Wildman–Crippen MR) is 114 cm³/mol. The van der Waals surface area contributed by atoms with Gasteiger partial charge in [-0.1, -0.05) is 19.4 Å². The molecular weight excluding hydrogens is 458 g/mol. The third-order valence-electron chi connectivity index (χ3n) is 4.13. The molecule has 2 N–H and O–H groups in total. The number of hydrogen-bond acceptors (Lipinski definition) is 3. The molecule has 3 aromatic rings. The van der Waals surface area contributed by atoms with Crippen molar-refractivity contribution in [3.05, 3.63) is 62.7 Å². The number of rotatable bonds is 5. The summed E-state index contributed by atoms with van der Waals surface area (Å²) in [5, 5.41) is 18.1. The van der Waals surface area contributed by atoms with E-state index in [-0.39, 0.29) is 5.75 Å². The molecule has 3 rings (SSSR count). The average molecular weight is 477 g/mol. The van der Waals surface area contributed by atoms with Gasteiger partial charge in [0.05, 0.1) is 32.1 Å². The molecule has 0 amide bonds. The zero-order chi connectivity index (χ0) is 18.7. The minimum atomic E-state index is 0.186. The summed E-state index contributed by atoms with van der Waals surface area (Å²) in [6, 6.07) is 9.77. The second kappa shape index (κ2) is 8.18. The van der Waals surface area contributed by atoms with Crippen LogP contribution in [0.5, 0.6) is 5.75 Å². The first-order valence-electron chi connectivity index (χ1n) is 8.39. The number of fused-ring (bicyclic) bond motifs is 1. The van der Waals surface area contributed by atoms with Gasteiger partial charge < -0.3 is 5.11 Å². The molecule has 6 heteroatoms. The summed E-state index contributed by atoms with van der Waals surface area (Å²) in [7, 11) is 0. The SMILES string of the molecule is C/C=C(\CCC)C(=Nc1ccc2[nH]ncc2c1)c1cc(Br)c(O)c(Br)c1. The van der Waals surface area contributed by atoms with Crippen LogP contribution in [0.25, 0.3) is 10.9 Å². The molecule has 0 atom stereocenters. The van der Waals surface area contributed by atoms with Crippen LogP contribution >= 0.6 is 31.9 Å². The van der Waals surface area contributed by atoms with Gasteiger partial charge in [-0.25, -0.2) is 4.99 Å². The summed E-state index contributed by atoms with van der Waals surface area (Å²) >= 11 is 6.84. The molecule has 0 saturated heterocycles. The fourth-order valence-corrected chi connectivity index (χ4v) is 4.01. The summed E-state index contributed by atoms with van der Waals surface area (Å²) in [4.78, 5) is 4.94. The van der Waals surface area contributed by atoms with Gasteiger partial charge in [0.25, 0.3) is 0 Å². The summed E-state index contributed by atoms with van der Waals surface area (Å²) in [6.45, 7) is 4.19.